The van der Waals surface area contributed by atoms with Crippen molar-refractivity contribution in [3.63, 3.8) is 0 Å². The van der Waals surface area contributed by atoms with Crippen LogP contribution in [-0.4, -0.2) is 41.8 Å². The molecule has 1 aliphatic heterocycles. The lowest BCUT2D eigenvalue weighted by Gasteiger charge is -2.30. The van der Waals surface area contributed by atoms with Crippen molar-refractivity contribution >= 4 is 6.03 Å². The molecule has 5 nitrogen and oxygen atoms in total. The molecule has 2 amide bonds. The van der Waals surface area contributed by atoms with Crippen molar-refractivity contribution in [3.8, 4) is 0 Å². The predicted molar refractivity (Wildman–Crippen MR) is 96.7 cm³/mol. The van der Waals surface area contributed by atoms with Gasteiger partial charge in [0.25, 0.3) is 0 Å². The van der Waals surface area contributed by atoms with E-state index in [1.165, 1.54) is 5.56 Å². The molecule has 1 saturated heterocycles. The zero-order chi connectivity index (χ0) is 17.4. The molecule has 1 aromatic carbocycles. The molecule has 1 heterocycles. The van der Waals surface area contributed by atoms with Gasteiger partial charge in [-0.2, -0.15) is 0 Å². The Kier molecular flexibility index (Phi) is 7.53. The standard InChI is InChI=1S/C19H31N3O2/c1-15(2)7-10-20-19(24)21-13-16-5-3-4-6-17(16)14-22-11-8-18(23)9-12-22/h3-6,15,18,23H,7-14H2,1-2H3,(H2,20,21,24). The van der Waals surface area contributed by atoms with Gasteiger partial charge < -0.3 is 15.7 Å². The van der Waals surface area contributed by atoms with Crippen molar-refractivity contribution in [2.75, 3.05) is 19.6 Å². The molecule has 1 fully saturated rings. The average molecular weight is 333 g/mol. The molecule has 134 valence electrons. The van der Waals surface area contributed by atoms with Crippen LogP contribution in [0.2, 0.25) is 0 Å². The molecule has 0 unspecified atom stereocenters. The van der Waals surface area contributed by atoms with Crippen LogP contribution in [0.5, 0.6) is 0 Å². The Morgan fingerprint density at radius 1 is 1.21 bits per heavy atom. The van der Waals surface area contributed by atoms with Gasteiger partial charge in [-0.3, -0.25) is 4.90 Å². The topological polar surface area (TPSA) is 64.6 Å². The van der Waals surface area contributed by atoms with Crippen molar-refractivity contribution in [1.29, 1.82) is 0 Å². The van der Waals surface area contributed by atoms with Gasteiger partial charge in [-0.15, -0.1) is 0 Å². The van der Waals surface area contributed by atoms with Gasteiger partial charge in [-0.05, 0) is 36.3 Å². The second kappa shape index (κ2) is 9.64. The predicted octanol–water partition coefficient (Wildman–Crippen LogP) is 2.49. The first-order valence-electron chi connectivity index (χ1n) is 9.03. The molecule has 0 atom stereocenters. The third kappa shape index (κ3) is 6.49. The van der Waals surface area contributed by atoms with Crippen molar-refractivity contribution in [1.82, 2.24) is 15.5 Å². The molecular formula is C19H31N3O2. The van der Waals surface area contributed by atoms with E-state index in [2.05, 4.69) is 41.5 Å². The highest BCUT2D eigenvalue weighted by atomic mass is 16.3. The van der Waals surface area contributed by atoms with Crippen LogP contribution in [0.3, 0.4) is 0 Å². The van der Waals surface area contributed by atoms with Crippen LogP contribution in [-0.2, 0) is 13.1 Å². The number of carbonyl (C=O) groups excluding carboxylic acids is 1. The summed E-state index contributed by atoms with van der Waals surface area (Å²) in [5.74, 6) is 0.592. The molecular weight excluding hydrogens is 302 g/mol. The van der Waals surface area contributed by atoms with E-state index in [9.17, 15) is 9.90 Å². The highest BCUT2D eigenvalue weighted by Crippen LogP contribution is 2.16. The van der Waals surface area contributed by atoms with Gasteiger partial charge in [-0.1, -0.05) is 38.1 Å². The maximum Gasteiger partial charge on any atom is 0.315 e. The fourth-order valence-electron chi connectivity index (χ4n) is 2.91. The number of amides is 2. The maximum atomic E-state index is 11.9. The zero-order valence-electron chi connectivity index (χ0n) is 14.9. The van der Waals surface area contributed by atoms with Gasteiger partial charge in [-0.25, -0.2) is 4.79 Å². The molecule has 24 heavy (non-hydrogen) atoms. The first kappa shape index (κ1) is 18.7. The smallest absolute Gasteiger partial charge is 0.315 e. The van der Waals surface area contributed by atoms with Crippen molar-refractivity contribution in [2.45, 2.75) is 52.3 Å². The Bertz CT molecular complexity index is 511. The van der Waals surface area contributed by atoms with Crippen molar-refractivity contribution in [3.05, 3.63) is 35.4 Å². The zero-order valence-corrected chi connectivity index (χ0v) is 14.9. The number of aliphatic hydroxyl groups excluding tert-OH is 1. The van der Waals surface area contributed by atoms with E-state index in [1.54, 1.807) is 0 Å². The van der Waals surface area contributed by atoms with Gasteiger partial charge in [0.05, 0.1) is 6.10 Å². The van der Waals surface area contributed by atoms with E-state index >= 15 is 0 Å². The summed E-state index contributed by atoms with van der Waals surface area (Å²) in [4.78, 5) is 14.2. The normalized spacial score (nSPS) is 16.3. The molecule has 0 radical (unpaired) electrons. The van der Waals surface area contributed by atoms with E-state index in [1.807, 2.05) is 12.1 Å². The summed E-state index contributed by atoms with van der Waals surface area (Å²) in [6.45, 7) is 8.28. The lowest BCUT2D eigenvalue weighted by atomic mass is 10.0. The first-order chi connectivity index (χ1) is 11.5. The minimum Gasteiger partial charge on any atom is -0.393 e. The number of hydrogen-bond donors (Lipinski definition) is 3. The second-order valence-corrected chi connectivity index (χ2v) is 7.07. The summed E-state index contributed by atoms with van der Waals surface area (Å²) < 4.78 is 0. The molecule has 1 aliphatic rings. The molecule has 3 N–H and O–H groups in total. The summed E-state index contributed by atoms with van der Waals surface area (Å²) in [7, 11) is 0. The lowest BCUT2D eigenvalue weighted by Crippen LogP contribution is -2.37. The fraction of sp³-hybridized carbons (Fsp3) is 0.632. The number of urea groups is 1. The summed E-state index contributed by atoms with van der Waals surface area (Å²) in [5, 5.41) is 15.5. The Hall–Kier alpha value is -1.59. The van der Waals surface area contributed by atoms with E-state index in [0.29, 0.717) is 19.0 Å². The lowest BCUT2D eigenvalue weighted by molar-refractivity contribution is 0.0791. The molecule has 0 spiro atoms. The SMILES string of the molecule is CC(C)CCNC(=O)NCc1ccccc1CN1CCC(O)CC1. The Morgan fingerprint density at radius 2 is 1.88 bits per heavy atom. The number of benzene rings is 1. The summed E-state index contributed by atoms with van der Waals surface area (Å²) >= 11 is 0. The minimum atomic E-state index is -0.146. The quantitative estimate of drug-likeness (QED) is 0.718. The summed E-state index contributed by atoms with van der Waals surface area (Å²) in [5.41, 5.74) is 2.40. The van der Waals surface area contributed by atoms with Crippen LogP contribution in [0.15, 0.2) is 24.3 Å². The van der Waals surface area contributed by atoms with Gasteiger partial charge in [0.2, 0.25) is 0 Å². The molecule has 5 heteroatoms. The number of hydrogen-bond acceptors (Lipinski definition) is 3. The second-order valence-electron chi connectivity index (χ2n) is 7.07. The fourth-order valence-corrected chi connectivity index (χ4v) is 2.91. The number of piperidine rings is 1. The number of nitrogens with one attached hydrogen (secondary N) is 2. The van der Waals surface area contributed by atoms with Crippen LogP contribution in [0.4, 0.5) is 4.79 Å². The Morgan fingerprint density at radius 3 is 2.54 bits per heavy atom. The average Bonchev–Trinajstić information content (AvgIpc) is 2.56. The highest BCUT2D eigenvalue weighted by molar-refractivity contribution is 5.73. The van der Waals surface area contributed by atoms with E-state index < -0.39 is 0 Å². The molecule has 2 rings (SSSR count). The van der Waals surface area contributed by atoms with E-state index in [0.717, 1.165) is 44.5 Å². The first-order valence-corrected chi connectivity index (χ1v) is 9.03. The molecule has 0 bridgehead atoms. The number of aliphatic hydroxyl groups is 1. The van der Waals surface area contributed by atoms with Crippen molar-refractivity contribution < 1.29 is 9.90 Å². The third-order valence-corrected chi connectivity index (χ3v) is 4.52. The van der Waals surface area contributed by atoms with Crippen LogP contribution in [0.1, 0.15) is 44.2 Å². The molecule has 1 aromatic rings. The number of carbonyl (C=O) groups is 1. The van der Waals surface area contributed by atoms with Crippen LogP contribution in [0.25, 0.3) is 0 Å². The third-order valence-electron chi connectivity index (χ3n) is 4.52. The maximum absolute atomic E-state index is 11.9. The molecule has 0 saturated carbocycles. The largest absolute Gasteiger partial charge is 0.393 e. The van der Waals surface area contributed by atoms with E-state index in [-0.39, 0.29) is 12.1 Å². The van der Waals surface area contributed by atoms with Crippen LogP contribution < -0.4 is 10.6 Å². The Balaban J connectivity index is 1.81. The van der Waals surface area contributed by atoms with Crippen LogP contribution >= 0.6 is 0 Å². The van der Waals surface area contributed by atoms with Gasteiger partial charge in [0.15, 0.2) is 0 Å². The number of likely N-dealkylation sites (tertiary alicyclic amines) is 1. The van der Waals surface area contributed by atoms with Gasteiger partial charge >= 0.3 is 6.03 Å². The van der Waals surface area contributed by atoms with Gasteiger partial charge in [0.1, 0.15) is 0 Å². The molecule has 0 aromatic heterocycles. The summed E-state index contributed by atoms with van der Waals surface area (Å²) in [6, 6.07) is 8.14. The van der Waals surface area contributed by atoms with E-state index in [4.69, 9.17) is 0 Å². The monoisotopic (exact) mass is 333 g/mol. The van der Waals surface area contributed by atoms with Crippen LogP contribution in [0, 0.1) is 5.92 Å². The van der Waals surface area contributed by atoms with Gasteiger partial charge in [0, 0.05) is 32.7 Å². The number of rotatable bonds is 7. The Labute approximate surface area is 145 Å². The number of nitrogens with zero attached hydrogens (tertiary/aromatic N) is 1. The highest BCUT2D eigenvalue weighted by Gasteiger charge is 2.17. The van der Waals surface area contributed by atoms with Crippen molar-refractivity contribution in [2.24, 2.45) is 5.92 Å². The minimum absolute atomic E-state index is 0.105. The summed E-state index contributed by atoms with van der Waals surface area (Å²) in [6.07, 6.45) is 2.54. The molecule has 0 aliphatic carbocycles.